The first-order valence-corrected chi connectivity index (χ1v) is 12.3. The van der Waals surface area contributed by atoms with Crippen molar-refractivity contribution in [3.63, 3.8) is 0 Å². The number of aromatic nitrogens is 4. The third kappa shape index (κ3) is 5.74. The van der Waals surface area contributed by atoms with Crippen LogP contribution in [0.3, 0.4) is 0 Å². The standard InChI is InChI=1S/C23H23FN6O5S/c1-3-15-8-14(4-5-18(15)24)12-30-7-6-19(29-30)22(32)17-11-26-13-27-23(17)28-16-9-20(31)21(10-16)35-36(33,34)25-2/h1,4-8,11,13,16,20-21,25,31H,9-10,12H2,2H3,(H,26,27,28)/t16-,20+,21-/m1/s1. The molecule has 188 valence electrons. The normalized spacial score (nSPS) is 19.7. The average molecular weight is 515 g/mol. The fourth-order valence-electron chi connectivity index (χ4n) is 3.89. The second-order valence-electron chi connectivity index (χ2n) is 8.14. The Bertz CT molecular complexity index is 1420. The molecule has 2 aromatic heterocycles. The molecule has 1 fully saturated rings. The summed E-state index contributed by atoms with van der Waals surface area (Å²) in [6, 6.07) is 5.54. The summed E-state index contributed by atoms with van der Waals surface area (Å²) in [4.78, 5) is 21.3. The van der Waals surface area contributed by atoms with E-state index < -0.39 is 40.2 Å². The number of nitrogens with zero attached hydrogens (tertiary/aromatic N) is 4. The van der Waals surface area contributed by atoms with Crippen LogP contribution in [0.15, 0.2) is 43.0 Å². The van der Waals surface area contributed by atoms with Crippen LogP contribution in [0.4, 0.5) is 10.2 Å². The van der Waals surface area contributed by atoms with E-state index in [-0.39, 0.29) is 42.0 Å². The molecular weight excluding hydrogens is 491 g/mol. The van der Waals surface area contributed by atoms with E-state index in [1.165, 1.54) is 36.4 Å². The molecular formula is C23H23FN6O5S. The Morgan fingerprint density at radius 1 is 1.36 bits per heavy atom. The van der Waals surface area contributed by atoms with Gasteiger partial charge in [0.15, 0.2) is 0 Å². The number of anilines is 1. The maximum atomic E-state index is 13.6. The molecule has 11 nitrogen and oxygen atoms in total. The molecule has 2 heterocycles. The summed E-state index contributed by atoms with van der Waals surface area (Å²) in [6.45, 7) is 0.273. The summed E-state index contributed by atoms with van der Waals surface area (Å²) < 4.78 is 45.5. The Kier molecular flexibility index (Phi) is 7.41. The van der Waals surface area contributed by atoms with E-state index in [2.05, 4.69) is 26.3 Å². The number of hydrogen-bond acceptors (Lipinski definition) is 9. The molecule has 36 heavy (non-hydrogen) atoms. The lowest BCUT2D eigenvalue weighted by molar-refractivity contribution is 0.0636. The minimum Gasteiger partial charge on any atom is -0.390 e. The van der Waals surface area contributed by atoms with Gasteiger partial charge in [0.25, 0.3) is 0 Å². The van der Waals surface area contributed by atoms with Crippen LogP contribution in [-0.4, -0.2) is 64.4 Å². The lowest BCUT2D eigenvalue weighted by Gasteiger charge is -2.15. The summed E-state index contributed by atoms with van der Waals surface area (Å²) in [5, 5.41) is 17.6. The van der Waals surface area contributed by atoms with Crippen LogP contribution in [0.5, 0.6) is 0 Å². The zero-order valence-corrected chi connectivity index (χ0v) is 19.9. The Hall–Kier alpha value is -3.70. The van der Waals surface area contributed by atoms with E-state index in [9.17, 15) is 22.7 Å². The Morgan fingerprint density at radius 2 is 2.17 bits per heavy atom. The monoisotopic (exact) mass is 514 g/mol. The third-order valence-electron chi connectivity index (χ3n) is 5.67. The van der Waals surface area contributed by atoms with Crippen molar-refractivity contribution in [2.24, 2.45) is 0 Å². The van der Waals surface area contributed by atoms with Gasteiger partial charge in [-0.3, -0.25) is 13.7 Å². The van der Waals surface area contributed by atoms with Crippen LogP contribution in [0, 0.1) is 18.2 Å². The number of benzene rings is 1. The molecule has 3 N–H and O–H groups in total. The zero-order valence-electron chi connectivity index (χ0n) is 19.1. The summed E-state index contributed by atoms with van der Waals surface area (Å²) in [6.07, 6.45) is 7.93. The Morgan fingerprint density at radius 3 is 2.92 bits per heavy atom. The van der Waals surface area contributed by atoms with E-state index in [0.717, 1.165) is 0 Å². The van der Waals surface area contributed by atoms with Crippen LogP contribution >= 0.6 is 0 Å². The van der Waals surface area contributed by atoms with Crippen LogP contribution in [0.2, 0.25) is 0 Å². The van der Waals surface area contributed by atoms with Gasteiger partial charge in [0.05, 0.1) is 23.8 Å². The summed E-state index contributed by atoms with van der Waals surface area (Å²) in [5.74, 6) is 1.58. The number of terminal acetylenes is 1. The van der Waals surface area contributed by atoms with Crippen LogP contribution in [0.25, 0.3) is 0 Å². The highest BCUT2D eigenvalue weighted by molar-refractivity contribution is 7.84. The molecule has 3 atom stereocenters. The molecule has 0 unspecified atom stereocenters. The molecule has 13 heteroatoms. The molecule has 1 aliphatic rings. The van der Waals surface area contributed by atoms with Crippen molar-refractivity contribution in [2.45, 2.75) is 37.6 Å². The van der Waals surface area contributed by atoms with Gasteiger partial charge in [0, 0.05) is 25.5 Å². The van der Waals surface area contributed by atoms with Crippen molar-refractivity contribution in [1.82, 2.24) is 24.5 Å². The van der Waals surface area contributed by atoms with Crippen molar-refractivity contribution < 1.29 is 26.9 Å². The van der Waals surface area contributed by atoms with Gasteiger partial charge in [-0.15, -0.1) is 6.42 Å². The first kappa shape index (κ1) is 25.4. The maximum absolute atomic E-state index is 13.6. The topological polar surface area (TPSA) is 148 Å². The van der Waals surface area contributed by atoms with Gasteiger partial charge in [0.1, 0.15) is 29.8 Å². The lowest BCUT2D eigenvalue weighted by Crippen LogP contribution is -2.31. The van der Waals surface area contributed by atoms with Gasteiger partial charge < -0.3 is 10.4 Å². The predicted octanol–water partition coefficient (Wildman–Crippen LogP) is 0.857. The zero-order chi connectivity index (χ0) is 25.9. The minimum absolute atomic E-state index is 0.139. The number of carbonyl (C=O) groups is 1. The number of ketones is 1. The highest BCUT2D eigenvalue weighted by Crippen LogP contribution is 2.27. The van der Waals surface area contributed by atoms with Gasteiger partial charge in [-0.05, 0) is 36.6 Å². The van der Waals surface area contributed by atoms with Crippen molar-refractivity contribution in [1.29, 1.82) is 0 Å². The molecule has 0 aliphatic heterocycles. The number of aliphatic hydroxyl groups is 1. The first-order valence-electron chi connectivity index (χ1n) is 10.9. The molecule has 3 aromatic rings. The van der Waals surface area contributed by atoms with Crippen molar-refractivity contribution in [3.05, 3.63) is 71.2 Å². The maximum Gasteiger partial charge on any atom is 0.335 e. The second kappa shape index (κ2) is 10.5. The Balaban J connectivity index is 1.47. The number of aliphatic hydroxyl groups excluding tert-OH is 1. The molecule has 1 aliphatic carbocycles. The van der Waals surface area contributed by atoms with E-state index in [1.807, 2.05) is 4.72 Å². The summed E-state index contributed by atoms with van der Waals surface area (Å²) in [7, 11) is -2.76. The highest BCUT2D eigenvalue weighted by Gasteiger charge is 2.37. The number of rotatable bonds is 9. The second-order valence-corrected chi connectivity index (χ2v) is 9.65. The van der Waals surface area contributed by atoms with Gasteiger partial charge in [-0.2, -0.15) is 18.2 Å². The minimum atomic E-state index is -3.97. The average Bonchev–Trinajstić information content (AvgIpc) is 3.46. The molecule has 4 rings (SSSR count). The van der Waals surface area contributed by atoms with Crippen LogP contribution in [-0.2, 0) is 21.0 Å². The van der Waals surface area contributed by atoms with Gasteiger partial charge in [-0.25, -0.2) is 14.4 Å². The van der Waals surface area contributed by atoms with E-state index in [4.69, 9.17) is 10.6 Å². The van der Waals surface area contributed by atoms with Crippen molar-refractivity contribution >= 4 is 21.9 Å². The number of nitrogens with one attached hydrogen (secondary N) is 2. The number of halogens is 1. The molecule has 0 spiro atoms. The molecule has 1 aromatic carbocycles. The Labute approximate surface area is 207 Å². The van der Waals surface area contributed by atoms with Gasteiger partial charge in [-0.1, -0.05) is 12.0 Å². The van der Waals surface area contributed by atoms with E-state index in [1.54, 1.807) is 18.3 Å². The van der Waals surface area contributed by atoms with Crippen LogP contribution in [0.1, 0.15) is 40.0 Å². The lowest BCUT2D eigenvalue weighted by atomic mass is 10.1. The molecule has 1 saturated carbocycles. The molecule has 0 amide bonds. The van der Waals surface area contributed by atoms with E-state index >= 15 is 0 Å². The number of hydrogen-bond donors (Lipinski definition) is 3. The van der Waals surface area contributed by atoms with E-state index in [0.29, 0.717) is 5.56 Å². The van der Waals surface area contributed by atoms with Crippen molar-refractivity contribution in [3.8, 4) is 12.3 Å². The molecule has 0 bridgehead atoms. The van der Waals surface area contributed by atoms with Gasteiger partial charge in [0.2, 0.25) is 5.78 Å². The largest absolute Gasteiger partial charge is 0.390 e. The first-order chi connectivity index (χ1) is 17.2. The summed E-state index contributed by atoms with van der Waals surface area (Å²) >= 11 is 0. The quantitative estimate of drug-likeness (QED) is 0.279. The molecule has 0 radical (unpaired) electrons. The fraction of sp³-hybridized carbons (Fsp3) is 0.304. The fourth-order valence-corrected chi connectivity index (χ4v) is 4.52. The van der Waals surface area contributed by atoms with Crippen LogP contribution < -0.4 is 10.0 Å². The SMILES string of the molecule is C#Cc1cc(Cn2ccc(C(=O)c3cncnc3N[C@@H]3C[C@H](O)[C@H](OS(=O)(=O)NC)C3)n2)ccc1F. The van der Waals surface area contributed by atoms with Gasteiger partial charge >= 0.3 is 10.3 Å². The molecule has 0 saturated heterocycles. The third-order valence-corrected chi connectivity index (χ3v) is 6.67. The summed E-state index contributed by atoms with van der Waals surface area (Å²) in [5.41, 5.74) is 1.15. The van der Waals surface area contributed by atoms with Crippen molar-refractivity contribution in [2.75, 3.05) is 12.4 Å². The smallest absolute Gasteiger partial charge is 0.335 e. The predicted molar refractivity (Wildman–Crippen MR) is 127 cm³/mol. The highest BCUT2D eigenvalue weighted by atomic mass is 32.2. The number of carbonyl (C=O) groups excluding carboxylic acids is 1.